The number of rotatable bonds is 10. The normalized spacial score (nSPS) is 10.8. The number of aryl methyl sites for hydroxylation is 2. The van der Waals surface area contributed by atoms with Crippen LogP contribution in [0.25, 0.3) is 20.4 Å². The molecule has 0 bridgehead atoms. The number of aromatic nitrogens is 4. The molecule has 0 amide bonds. The van der Waals surface area contributed by atoms with Gasteiger partial charge in [0.1, 0.15) is 21.2 Å². The van der Waals surface area contributed by atoms with E-state index >= 15 is 0 Å². The fourth-order valence-corrected chi connectivity index (χ4v) is 8.26. The largest absolute Gasteiger partial charge is 0.508 e. The first kappa shape index (κ1) is 41.5. The Morgan fingerprint density at radius 2 is 1.25 bits per heavy atom. The Hall–Kier alpha value is -4.28. The van der Waals surface area contributed by atoms with Crippen LogP contribution in [-0.2, 0) is 27.2 Å². The van der Waals surface area contributed by atoms with Crippen LogP contribution in [0.1, 0.15) is 60.2 Å². The van der Waals surface area contributed by atoms with E-state index in [9.17, 15) is 28.8 Å². The van der Waals surface area contributed by atoms with Gasteiger partial charge in [0.2, 0.25) is 0 Å². The molecule has 12 nitrogen and oxygen atoms in total. The van der Waals surface area contributed by atoms with Crippen molar-refractivity contribution < 1.29 is 19.4 Å². The molecule has 53 heavy (non-hydrogen) atoms. The number of thiophene rings is 2. The van der Waals surface area contributed by atoms with Crippen molar-refractivity contribution in [3.05, 3.63) is 115 Å². The first-order chi connectivity index (χ1) is 25.3. The summed E-state index contributed by atoms with van der Waals surface area (Å²) in [6.07, 6.45) is 4.44. The molecule has 0 saturated heterocycles. The van der Waals surface area contributed by atoms with E-state index in [0.717, 1.165) is 30.6 Å². The van der Waals surface area contributed by atoms with E-state index in [1.807, 2.05) is 13.8 Å². The van der Waals surface area contributed by atoms with E-state index in [-0.39, 0.29) is 33.0 Å². The SMILES string of the molecule is CCCCn1c(=O)c2c(C=O)c(Br)sc2n(C)c1=O.CCCCn1c(=O)c2c(C=O)c(Oc3cccc(Cl)c3)sc2n(C)c1=O.Oc1cccc(Cl)c1. The number of carbonyl (C=O) groups is 2. The number of phenolic OH excluding ortho intramolecular Hbond substituents is 1. The number of unbranched alkanes of at least 4 members (excludes halogenated alkanes) is 2. The van der Waals surface area contributed by atoms with Crippen molar-refractivity contribution in [2.24, 2.45) is 14.1 Å². The lowest BCUT2D eigenvalue weighted by atomic mass is 10.2. The van der Waals surface area contributed by atoms with Crippen molar-refractivity contribution in [2.75, 3.05) is 0 Å². The van der Waals surface area contributed by atoms with Gasteiger partial charge < -0.3 is 9.84 Å². The van der Waals surface area contributed by atoms with Gasteiger partial charge in [0.15, 0.2) is 17.6 Å². The first-order valence-electron chi connectivity index (χ1n) is 16.3. The molecule has 0 aliphatic carbocycles. The summed E-state index contributed by atoms with van der Waals surface area (Å²) in [4.78, 5) is 73.6. The molecule has 0 radical (unpaired) electrons. The zero-order valence-corrected chi connectivity index (χ0v) is 33.8. The maximum absolute atomic E-state index is 12.8. The molecule has 6 rings (SSSR count). The minimum Gasteiger partial charge on any atom is -0.508 e. The van der Waals surface area contributed by atoms with Crippen molar-refractivity contribution in [2.45, 2.75) is 52.6 Å². The highest BCUT2D eigenvalue weighted by Crippen LogP contribution is 2.37. The number of benzene rings is 2. The van der Waals surface area contributed by atoms with E-state index in [1.54, 1.807) is 56.6 Å². The molecule has 4 heterocycles. The van der Waals surface area contributed by atoms with Crippen molar-refractivity contribution >= 4 is 94.8 Å². The number of aldehydes is 2. The molecule has 0 aliphatic rings. The van der Waals surface area contributed by atoms with Gasteiger partial charge in [-0.2, -0.15) is 0 Å². The predicted octanol–water partition coefficient (Wildman–Crippen LogP) is 8.00. The number of halogens is 3. The van der Waals surface area contributed by atoms with Gasteiger partial charge in [0.05, 0.1) is 25.7 Å². The summed E-state index contributed by atoms with van der Waals surface area (Å²) in [6, 6.07) is 13.2. The van der Waals surface area contributed by atoms with Crippen LogP contribution in [0.3, 0.4) is 0 Å². The average Bonchev–Trinajstić information content (AvgIpc) is 3.67. The summed E-state index contributed by atoms with van der Waals surface area (Å²) in [5, 5.41) is 10.6. The number of fused-ring (bicyclic) bond motifs is 2. The fourth-order valence-electron chi connectivity index (χ4n) is 5.11. The van der Waals surface area contributed by atoms with Crippen molar-refractivity contribution in [1.29, 1.82) is 0 Å². The molecule has 280 valence electrons. The molecule has 6 aromatic rings. The lowest BCUT2D eigenvalue weighted by Crippen LogP contribution is -2.38. The molecule has 0 fully saturated rings. The number of carbonyl (C=O) groups excluding carboxylic acids is 2. The van der Waals surface area contributed by atoms with Crippen LogP contribution in [0.5, 0.6) is 16.6 Å². The van der Waals surface area contributed by atoms with Gasteiger partial charge in [-0.15, -0.1) is 11.3 Å². The van der Waals surface area contributed by atoms with E-state index in [2.05, 4.69) is 15.9 Å². The van der Waals surface area contributed by atoms with E-state index < -0.39 is 11.2 Å². The highest BCUT2D eigenvalue weighted by molar-refractivity contribution is 9.11. The first-order valence-corrected chi connectivity index (χ1v) is 19.4. The second kappa shape index (κ2) is 18.7. The summed E-state index contributed by atoms with van der Waals surface area (Å²) < 4.78 is 11.5. The molecule has 1 N–H and O–H groups in total. The average molecular weight is 867 g/mol. The Kier molecular flexibility index (Phi) is 14.6. The topological polar surface area (TPSA) is 152 Å². The second-order valence-corrected chi connectivity index (χ2v) is 15.7. The van der Waals surface area contributed by atoms with Gasteiger partial charge in [0, 0.05) is 37.2 Å². The zero-order valence-electron chi connectivity index (χ0n) is 29.1. The highest BCUT2D eigenvalue weighted by atomic mass is 79.9. The Morgan fingerprint density at radius 1 is 0.755 bits per heavy atom. The maximum atomic E-state index is 12.8. The van der Waals surface area contributed by atoms with Crippen LogP contribution in [0.2, 0.25) is 10.0 Å². The Labute approximate surface area is 329 Å². The van der Waals surface area contributed by atoms with Crippen molar-refractivity contribution in [3.63, 3.8) is 0 Å². The third kappa shape index (κ3) is 9.27. The predicted molar refractivity (Wildman–Crippen MR) is 216 cm³/mol. The Bertz CT molecular complexity index is 2520. The van der Waals surface area contributed by atoms with Gasteiger partial charge >= 0.3 is 11.4 Å². The van der Waals surface area contributed by atoms with Crippen molar-refractivity contribution in [3.8, 4) is 16.6 Å². The number of phenols is 1. The van der Waals surface area contributed by atoms with Gasteiger partial charge in [-0.05, 0) is 65.2 Å². The smallest absolute Gasteiger partial charge is 0.331 e. The Morgan fingerprint density at radius 3 is 1.70 bits per heavy atom. The molecule has 4 aromatic heterocycles. The van der Waals surface area contributed by atoms with E-state index in [1.165, 1.54) is 35.7 Å². The highest BCUT2D eigenvalue weighted by Gasteiger charge is 2.22. The summed E-state index contributed by atoms with van der Waals surface area (Å²) in [7, 11) is 3.20. The standard InChI is InChI=1S/C18H17ClN2O4S.C12H13BrN2O3S.C6H5ClO/c1-3-4-8-21-15(23)14-13(10-22)17(26-16(14)20(2)18(21)24)25-12-7-5-6-11(19)9-12;1-3-4-5-15-10(17)8-7(6-16)9(13)19-11(8)14(2)12(15)18;7-5-2-1-3-6(8)4-5/h5-7,9-10H,3-4,8H2,1-2H3;6H,3-5H2,1-2H3;1-4,8H. The van der Waals surface area contributed by atoms with Crippen LogP contribution in [-0.4, -0.2) is 35.9 Å². The quantitative estimate of drug-likeness (QED) is 0.136. The maximum Gasteiger partial charge on any atom is 0.331 e. The summed E-state index contributed by atoms with van der Waals surface area (Å²) in [5.74, 6) is 0.654. The lowest BCUT2D eigenvalue weighted by Gasteiger charge is -2.07. The summed E-state index contributed by atoms with van der Waals surface area (Å²) in [6.45, 7) is 4.67. The van der Waals surface area contributed by atoms with Crippen LogP contribution >= 0.6 is 61.8 Å². The third-order valence-corrected chi connectivity index (χ3v) is 11.5. The molecule has 0 saturated carbocycles. The van der Waals surface area contributed by atoms with Crippen molar-refractivity contribution in [1.82, 2.24) is 18.3 Å². The number of hydrogen-bond acceptors (Lipinski definition) is 10. The molecule has 2 aromatic carbocycles. The Balaban J connectivity index is 0.000000202. The van der Waals surface area contributed by atoms with Gasteiger partial charge in [-0.1, -0.05) is 73.4 Å². The van der Waals surface area contributed by atoms with Crippen LogP contribution in [0.15, 0.2) is 71.5 Å². The molecule has 0 spiro atoms. The molecular formula is C36H35BrCl2N4O8S2. The minimum absolute atomic E-state index is 0.149. The van der Waals surface area contributed by atoms with Gasteiger partial charge in [-0.3, -0.25) is 37.4 Å². The molecule has 0 atom stereocenters. The number of aromatic hydroxyl groups is 1. The van der Waals surface area contributed by atoms with E-state index in [4.69, 9.17) is 33.0 Å². The summed E-state index contributed by atoms with van der Waals surface area (Å²) in [5.41, 5.74) is -1.10. The van der Waals surface area contributed by atoms with Gasteiger partial charge in [-0.25, -0.2) is 9.59 Å². The molecule has 0 unspecified atom stereocenters. The van der Waals surface area contributed by atoms with Gasteiger partial charge in [0.25, 0.3) is 11.1 Å². The number of ether oxygens (including phenoxy) is 1. The second-order valence-electron chi connectivity index (χ2n) is 11.5. The third-order valence-electron chi connectivity index (χ3n) is 7.86. The molecule has 17 heteroatoms. The molecular weight excluding hydrogens is 831 g/mol. The number of nitrogens with zero attached hydrogens (tertiary/aromatic N) is 4. The molecule has 0 aliphatic heterocycles. The zero-order chi connectivity index (χ0) is 39.0. The fraction of sp³-hybridized carbons (Fsp3) is 0.278. The van der Waals surface area contributed by atoms with Crippen LogP contribution in [0, 0.1) is 0 Å². The summed E-state index contributed by atoms with van der Waals surface area (Å²) >= 11 is 17.0. The monoisotopic (exact) mass is 864 g/mol. The van der Waals surface area contributed by atoms with Crippen LogP contribution in [0.4, 0.5) is 0 Å². The van der Waals surface area contributed by atoms with Crippen LogP contribution < -0.4 is 27.2 Å². The number of hydrogen-bond donors (Lipinski definition) is 1. The van der Waals surface area contributed by atoms with E-state index in [0.29, 0.717) is 72.3 Å². The lowest BCUT2D eigenvalue weighted by molar-refractivity contribution is 0.111. The minimum atomic E-state index is -0.462.